The lowest BCUT2D eigenvalue weighted by Gasteiger charge is -2.43. The average molecular weight is 267 g/mol. The van der Waals surface area contributed by atoms with Crippen LogP contribution in [0.1, 0.15) is 50.5 Å². The van der Waals surface area contributed by atoms with Crippen molar-refractivity contribution in [2.24, 2.45) is 23.0 Å². The lowest BCUT2D eigenvalue weighted by atomic mass is 9.65. The third-order valence-corrected chi connectivity index (χ3v) is 5.69. The highest BCUT2D eigenvalue weighted by Gasteiger charge is 2.41. The Morgan fingerprint density at radius 3 is 2.56 bits per heavy atom. The lowest BCUT2D eigenvalue weighted by Crippen LogP contribution is -2.40. The van der Waals surface area contributed by atoms with E-state index in [1.54, 1.807) is 11.3 Å². The van der Waals surface area contributed by atoms with E-state index in [0.29, 0.717) is 6.54 Å². The van der Waals surface area contributed by atoms with Crippen molar-refractivity contribution in [3.63, 3.8) is 0 Å². The molecule has 1 aliphatic carbocycles. The maximum absolute atomic E-state index is 10.6. The van der Waals surface area contributed by atoms with Crippen molar-refractivity contribution in [1.29, 1.82) is 0 Å². The van der Waals surface area contributed by atoms with Gasteiger partial charge in [-0.2, -0.15) is 0 Å². The van der Waals surface area contributed by atoms with Crippen molar-refractivity contribution >= 4 is 11.3 Å². The molecule has 0 amide bonds. The Balaban J connectivity index is 2.09. The molecule has 18 heavy (non-hydrogen) atoms. The zero-order valence-electron chi connectivity index (χ0n) is 11.4. The monoisotopic (exact) mass is 267 g/mol. The molecule has 2 nitrogen and oxygen atoms in total. The number of hydrogen-bond acceptors (Lipinski definition) is 3. The molecule has 0 radical (unpaired) electrons. The normalized spacial score (nSPS) is 30.6. The molecule has 1 atom stereocenters. The van der Waals surface area contributed by atoms with E-state index in [-0.39, 0.29) is 11.5 Å². The van der Waals surface area contributed by atoms with Crippen LogP contribution < -0.4 is 5.73 Å². The first-order valence-electron chi connectivity index (χ1n) is 7.00. The lowest BCUT2D eigenvalue weighted by molar-refractivity contribution is -0.0127. The van der Waals surface area contributed by atoms with E-state index in [1.165, 1.54) is 12.8 Å². The largest absolute Gasteiger partial charge is 0.387 e. The van der Waals surface area contributed by atoms with Gasteiger partial charge in [0.15, 0.2) is 0 Å². The molecule has 0 aromatic carbocycles. The van der Waals surface area contributed by atoms with Gasteiger partial charge in [0, 0.05) is 16.8 Å². The molecule has 1 unspecified atom stereocenters. The predicted octanol–water partition coefficient (Wildman–Crippen LogP) is 3.57. The van der Waals surface area contributed by atoms with Crippen LogP contribution in [0.15, 0.2) is 17.5 Å². The number of thiophene rings is 1. The van der Waals surface area contributed by atoms with Gasteiger partial charge in [-0.05, 0) is 49.0 Å². The summed E-state index contributed by atoms with van der Waals surface area (Å²) in [5.41, 5.74) is 5.92. The van der Waals surface area contributed by atoms with Crippen molar-refractivity contribution in [3.05, 3.63) is 22.4 Å². The van der Waals surface area contributed by atoms with Gasteiger partial charge < -0.3 is 10.8 Å². The molecule has 1 heterocycles. The minimum atomic E-state index is -0.379. The molecule has 102 valence electrons. The van der Waals surface area contributed by atoms with Crippen LogP contribution in [0.5, 0.6) is 0 Å². The third kappa shape index (κ3) is 2.63. The van der Waals surface area contributed by atoms with Gasteiger partial charge in [-0.25, -0.2) is 0 Å². The highest BCUT2D eigenvalue weighted by atomic mass is 32.1. The highest BCUT2D eigenvalue weighted by Crippen LogP contribution is 2.48. The van der Waals surface area contributed by atoms with E-state index in [2.05, 4.69) is 13.8 Å². The van der Waals surface area contributed by atoms with Gasteiger partial charge >= 0.3 is 0 Å². The van der Waals surface area contributed by atoms with Crippen LogP contribution in [0.25, 0.3) is 0 Å². The molecule has 0 spiro atoms. The number of nitrogens with two attached hydrogens (primary N) is 1. The summed E-state index contributed by atoms with van der Waals surface area (Å²) in [5.74, 6) is 1.56. The summed E-state index contributed by atoms with van der Waals surface area (Å²) in [5, 5.41) is 12.7. The molecule has 1 aromatic heterocycles. The van der Waals surface area contributed by atoms with E-state index < -0.39 is 0 Å². The van der Waals surface area contributed by atoms with E-state index in [4.69, 9.17) is 5.73 Å². The number of rotatable bonds is 4. The van der Waals surface area contributed by atoms with Gasteiger partial charge in [0.1, 0.15) is 0 Å². The number of aliphatic hydroxyl groups excluding tert-OH is 1. The number of hydrogen-bond donors (Lipinski definition) is 2. The molecule has 1 saturated carbocycles. The van der Waals surface area contributed by atoms with Gasteiger partial charge in [0.05, 0.1) is 6.10 Å². The zero-order chi connectivity index (χ0) is 13.2. The van der Waals surface area contributed by atoms with Crippen molar-refractivity contribution in [2.45, 2.75) is 45.6 Å². The van der Waals surface area contributed by atoms with Gasteiger partial charge in [0.25, 0.3) is 0 Å². The molecule has 3 N–H and O–H groups in total. The van der Waals surface area contributed by atoms with Gasteiger partial charge in [0.2, 0.25) is 0 Å². The Kier molecular flexibility index (Phi) is 4.46. The third-order valence-electron chi connectivity index (χ3n) is 4.77. The standard InChI is InChI=1S/C15H25NOS/c1-11(2)12-5-7-15(10-16,8-6-12)14(17)13-4-3-9-18-13/h3-4,9,11-12,14,17H,5-8,10,16H2,1-2H3. The Morgan fingerprint density at radius 1 is 1.44 bits per heavy atom. The molecule has 0 aliphatic heterocycles. The molecule has 1 aromatic rings. The Bertz CT molecular complexity index is 353. The Labute approximate surface area is 114 Å². The smallest absolute Gasteiger partial charge is 0.0949 e. The summed E-state index contributed by atoms with van der Waals surface area (Å²) < 4.78 is 0. The van der Waals surface area contributed by atoms with E-state index in [9.17, 15) is 5.11 Å². The Morgan fingerprint density at radius 2 is 2.11 bits per heavy atom. The molecule has 3 heteroatoms. The van der Waals surface area contributed by atoms with Crippen LogP contribution in [-0.4, -0.2) is 11.7 Å². The first-order valence-corrected chi connectivity index (χ1v) is 7.88. The minimum Gasteiger partial charge on any atom is -0.387 e. The summed E-state index contributed by atoms with van der Waals surface area (Å²) in [4.78, 5) is 1.07. The Hall–Kier alpha value is -0.380. The SMILES string of the molecule is CC(C)C1CCC(CN)(C(O)c2cccs2)CC1. The maximum Gasteiger partial charge on any atom is 0.0949 e. The second kappa shape index (κ2) is 5.72. The first kappa shape index (κ1) is 14.0. The van der Waals surface area contributed by atoms with Crippen molar-refractivity contribution in [3.8, 4) is 0 Å². The summed E-state index contributed by atoms with van der Waals surface area (Å²) >= 11 is 1.64. The molecule has 1 fully saturated rings. The van der Waals surface area contributed by atoms with Gasteiger partial charge in [-0.3, -0.25) is 0 Å². The predicted molar refractivity (Wildman–Crippen MR) is 77.6 cm³/mol. The molecule has 0 saturated heterocycles. The second-order valence-electron chi connectivity index (χ2n) is 6.07. The molecule has 1 aliphatic rings. The van der Waals surface area contributed by atoms with E-state index >= 15 is 0 Å². The van der Waals surface area contributed by atoms with Crippen molar-refractivity contribution in [2.75, 3.05) is 6.54 Å². The van der Waals surface area contributed by atoms with Gasteiger partial charge in [-0.15, -0.1) is 11.3 Å². The van der Waals surface area contributed by atoms with Crippen LogP contribution >= 0.6 is 11.3 Å². The van der Waals surface area contributed by atoms with Crippen LogP contribution in [0, 0.1) is 17.3 Å². The average Bonchev–Trinajstić information content (AvgIpc) is 2.91. The van der Waals surface area contributed by atoms with Crippen molar-refractivity contribution in [1.82, 2.24) is 0 Å². The minimum absolute atomic E-state index is 0.0871. The molecular formula is C15H25NOS. The fourth-order valence-corrected chi connectivity index (χ4v) is 4.07. The summed E-state index contributed by atoms with van der Waals surface area (Å²) in [7, 11) is 0. The quantitative estimate of drug-likeness (QED) is 0.876. The second-order valence-corrected chi connectivity index (χ2v) is 7.05. The fourth-order valence-electron chi connectivity index (χ4n) is 3.22. The van der Waals surface area contributed by atoms with Crippen LogP contribution in [-0.2, 0) is 0 Å². The fraction of sp³-hybridized carbons (Fsp3) is 0.733. The maximum atomic E-state index is 10.6. The zero-order valence-corrected chi connectivity index (χ0v) is 12.2. The van der Waals surface area contributed by atoms with Gasteiger partial charge in [-0.1, -0.05) is 19.9 Å². The van der Waals surface area contributed by atoms with Crippen LogP contribution in [0.4, 0.5) is 0 Å². The summed E-state index contributed by atoms with van der Waals surface area (Å²) in [6.07, 6.45) is 4.15. The first-order chi connectivity index (χ1) is 8.59. The van der Waals surface area contributed by atoms with E-state index in [0.717, 1.165) is 29.6 Å². The molecular weight excluding hydrogens is 242 g/mol. The summed E-state index contributed by atoms with van der Waals surface area (Å²) in [6, 6.07) is 4.04. The van der Waals surface area contributed by atoms with Crippen LogP contribution in [0.3, 0.4) is 0 Å². The molecule has 0 bridgehead atoms. The molecule has 2 rings (SSSR count). The number of aliphatic hydroxyl groups is 1. The van der Waals surface area contributed by atoms with Crippen LogP contribution in [0.2, 0.25) is 0 Å². The van der Waals surface area contributed by atoms with E-state index in [1.807, 2.05) is 17.5 Å². The topological polar surface area (TPSA) is 46.2 Å². The summed E-state index contributed by atoms with van der Waals surface area (Å²) in [6.45, 7) is 5.20. The van der Waals surface area contributed by atoms with Crippen molar-refractivity contribution < 1.29 is 5.11 Å². The highest BCUT2D eigenvalue weighted by molar-refractivity contribution is 7.10.